The average molecular weight is 1060 g/mol. The Morgan fingerprint density at radius 3 is 1.60 bits per heavy atom. The summed E-state index contributed by atoms with van der Waals surface area (Å²) in [6.45, 7) is 20.6. The summed E-state index contributed by atoms with van der Waals surface area (Å²) in [6.07, 6.45) is 2.77. The zero-order valence-corrected chi connectivity index (χ0v) is 46.5. The summed E-state index contributed by atoms with van der Waals surface area (Å²) in [5.41, 5.74) is 1.79. The van der Waals surface area contributed by atoms with Gasteiger partial charge in [0.1, 0.15) is 18.8 Å². The summed E-state index contributed by atoms with van der Waals surface area (Å²) < 4.78 is 45.4. The molecule has 0 amide bonds. The van der Waals surface area contributed by atoms with E-state index in [-0.39, 0.29) is 74.3 Å². The number of esters is 5. The zero-order chi connectivity index (χ0) is 55.2. The highest BCUT2D eigenvalue weighted by Gasteiger charge is 2.71. The second-order valence-corrected chi connectivity index (χ2v) is 25.0. The summed E-state index contributed by atoms with van der Waals surface area (Å²) >= 11 is 0. The molecular weight excluding hydrogens is 985 g/mol. The van der Waals surface area contributed by atoms with Gasteiger partial charge in [-0.1, -0.05) is 120 Å². The van der Waals surface area contributed by atoms with Crippen LogP contribution in [0.5, 0.6) is 0 Å². The van der Waals surface area contributed by atoms with Gasteiger partial charge in [-0.3, -0.25) is 4.79 Å². The number of carbonyl (C=O) groups excluding carboxylic acids is 5. The number of carbonyl (C=O) groups is 5. The minimum atomic E-state index is -1.52. The number of ether oxygens (including phenoxy) is 7. The van der Waals surface area contributed by atoms with Crippen LogP contribution in [0.2, 0.25) is 0 Å². The first kappa shape index (κ1) is 55.2. The van der Waals surface area contributed by atoms with Crippen LogP contribution in [0, 0.1) is 56.7 Å². The van der Waals surface area contributed by atoms with Gasteiger partial charge in [-0.25, -0.2) is 19.2 Å². The summed E-state index contributed by atoms with van der Waals surface area (Å²) in [4.78, 5) is 69.1. The fourth-order valence-corrected chi connectivity index (χ4v) is 16.8. The molecule has 0 bridgehead atoms. The lowest BCUT2D eigenvalue weighted by Crippen LogP contribution is -2.67. The molecule has 0 spiro atoms. The smallest absolute Gasteiger partial charge is 0.338 e. The largest absolute Gasteiger partial charge is 0.462 e. The molecule has 6 aliphatic rings. The molecule has 10 rings (SSSR count). The molecule has 6 fully saturated rings. The van der Waals surface area contributed by atoms with E-state index < -0.39 is 61.2 Å². The van der Waals surface area contributed by atoms with Gasteiger partial charge >= 0.3 is 29.8 Å². The number of hydrogen-bond acceptors (Lipinski definition) is 12. The standard InChI is InChI=1S/C66H78O12/c1-41(2)47-31-36-66(38-37-64(7)48(53(47)66)29-30-51-63(6)34-33-52(74-42(3)67)62(4,5)50(63)32-35-65(51,64)8)40-73-61-56(78-60(71)46-27-19-12-20-28-46)55(77-59(70)45-25-17-11-18-26-45)54(76-58(69)44-23-15-10-16-24-44)49(75-61)39-72-57(68)43-21-13-9-14-22-43/h9-28,47-56,61H,1,29-40H2,2-8H3/t47-,48?,49?,50?,51?,52-,53?,54+,55?,56?,61+,63-,64+,65+,66+/m0/s1. The Morgan fingerprint density at radius 2 is 1.06 bits per heavy atom. The predicted molar refractivity (Wildman–Crippen MR) is 293 cm³/mol. The molecule has 5 aliphatic carbocycles. The molecule has 12 nitrogen and oxygen atoms in total. The first-order valence-electron chi connectivity index (χ1n) is 28.4. The van der Waals surface area contributed by atoms with Crippen molar-refractivity contribution < 1.29 is 57.1 Å². The van der Waals surface area contributed by atoms with Crippen LogP contribution in [0.1, 0.15) is 154 Å². The maximum Gasteiger partial charge on any atom is 0.338 e. The summed E-state index contributed by atoms with van der Waals surface area (Å²) in [6, 6.07) is 33.8. The SMILES string of the molecule is C=C(C)[C@@H]1CC[C@]2(CO[C@@H]3OC(COC(=O)c4ccccc4)[C@@H](OC(=O)c4ccccc4)C(OC(=O)c4ccccc4)C3OC(=O)c3ccccc3)CC[C@]3(C)C(CCC4[C@@]5(C)CC[C@H](OC(C)=O)C(C)(C)C5CC[C@]43C)C12. The van der Waals surface area contributed by atoms with E-state index in [9.17, 15) is 24.0 Å². The van der Waals surface area contributed by atoms with Gasteiger partial charge in [0.25, 0.3) is 0 Å². The summed E-state index contributed by atoms with van der Waals surface area (Å²) in [5.74, 6) is -1.36. The number of benzene rings is 4. The van der Waals surface area contributed by atoms with Crippen molar-refractivity contribution in [1.82, 2.24) is 0 Å². The molecule has 5 saturated carbocycles. The van der Waals surface area contributed by atoms with Crippen LogP contribution in [0.25, 0.3) is 0 Å². The average Bonchev–Trinajstić information content (AvgIpc) is 2.62. The van der Waals surface area contributed by atoms with Crippen molar-refractivity contribution in [1.29, 1.82) is 0 Å². The molecule has 78 heavy (non-hydrogen) atoms. The highest BCUT2D eigenvalue weighted by atomic mass is 16.7. The van der Waals surface area contributed by atoms with Crippen LogP contribution in [-0.4, -0.2) is 79.9 Å². The fraction of sp³-hybridized carbons (Fsp3) is 0.530. The Balaban J connectivity index is 1.01. The minimum Gasteiger partial charge on any atom is -0.462 e. The van der Waals surface area contributed by atoms with Crippen molar-refractivity contribution in [3.63, 3.8) is 0 Å². The third-order valence-electron chi connectivity index (χ3n) is 20.8. The molecule has 0 N–H and O–H groups in total. The van der Waals surface area contributed by atoms with Crippen LogP contribution in [0.15, 0.2) is 133 Å². The summed E-state index contributed by atoms with van der Waals surface area (Å²) in [7, 11) is 0. The lowest BCUT2D eigenvalue weighted by Gasteiger charge is -2.73. The Morgan fingerprint density at radius 1 is 0.538 bits per heavy atom. The van der Waals surface area contributed by atoms with Crippen molar-refractivity contribution in [3.05, 3.63) is 156 Å². The quantitative estimate of drug-likeness (QED) is 0.0672. The molecule has 0 radical (unpaired) electrons. The zero-order valence-electron chi connectivity index (χ0n) is 46.5. The molecule has 1 aliphatic heterocycles. The van der Waals surface area contributed by atoms with E-state index in [4.69, 9.17) is 33.2 Å². The molecular formula is C66H78O12. The van der Waals surface area contributed by atoms with Crippen molar-refractivity contribution >= 4 is 29.8 Å². The molecule has 1 saturated heterocycles. The molecule has 7 unspecified atom stereocenters. The fourth-order valence-electron chi connectivity index (χ4n) is 16.8. The molecule has 0 aromatic heterocycles. The van der Waals surface area contributed by atoms with Crippen molar-refractivity contribution in [2.24, 2.45) is 56.7 Å². The highest BCUT2D eigenvalue weighted by molar-refractivity contribution is 5.91. The highest BCUT2D eigenvalue weighted by Crippen LogP contribution is 2.77. The van der Waals surface area contributed by atoms with Crippen LogP contribution >= 0.6 is 0 Å². The number of fused-ring (bicyclic) bond motifs is 7. The van der Waals surface area contributed by atoms with Gasteiger partial charge in [-0.2, -0.15) is 0 Å². The minimum absolute atomic E-state index is 0.00236. The van der Waals surface area contributed by atoms with Crippen molar-refractivity contribution in [3.8, 4) is 0 Å². The third-order valence-corrected chi connectivity index (χ3v) is 20.8. The van der Waals surface area contributed by atoms with E-state index in [1.54, 1.807) is 121 Å². The van der Waals surface area contributed by atoms with E-state index in [1.165, 1.54) is 12.5 Å². The van der Waals surface area contributed by atoms with E-state index >= 15 is 0 Å². The lowest BCUT2D eigenvalue weighted by molar-refractivity contribution is -0.309. The second kappa shape index (κ2) is 21.8. The first-order chi connectivity index (χ1) is 37.3. The van der Waals surface area contributed by atoms with Gasteiger partial charge < -0.3 is 33.2 Å². The maximum atomic E-state index is 14.4. The van der Waals surface area contributed by atoms with Crippen molar-refractivity contribution in [2.45, 2.75) is 149 Å². The Hall–Kier alpha value is -6.11. The monoisotopic (exact) mass is 1060 g/mol. The van der Waals surface area contributed by atoms with Crippen LogP contribution in [0.4, 0.5) is 0 Å². The van der Waals surface area contributed by atoms with E-state index in [0.29, 0.717) is 23.3 Å². The molecule has 4 aromatic rings. The van der Waals surface area contributed by atoms with Crippen LogP contribution < -0.4 is 0 Å². The second-order valence-electron chi connectivity index (χ2n) is 25.0. The first-order valence-corrected chi connectivity index (χ1v) is 28.4. The predicted octanol–water partition coefficient (Wildman–Crippen LogP) is 12.9. The molecule has 4 aromatic carbocycles. The lowest BCUT2D eigenvalue weighted by atomic mass is 9.32. The molecule has 12 heteroatoms. The molecule has 414 valence electrons. The van der Waals surface area contributed by atoms with Gasteiger partial charge in [0, 0.05) is 12.3 Å². The van der Waals surface area contributed by atoms with E-state index in [2.05, 4.69) is 48.1 Å². The Kier molecular flexibility index (Phi) is 15.5. The Labute approximate surface area is 460 Å². The van der Waals surface area contributed by atoms with Crippen LogP contribution in [0.3, 0.4) is 0 Å². The number of hydrogen-bond donors (Lipinski definition) is 0. The Bertz CT molecular complexity index is 2840. The van der Waals surface area contributed by atoms with Gasteiger partial charge in [0.15, 0.2) is 24.6 Å². The molecule has 15 atom stereocenters. The van der Waals surface area contributed by atoms with Gasteiger partial charge in [0.2, 0.25) is 0 Å². The van der Waals surface area contributed by atoms with E-state index in [0.717, 1.165) is 64.2 Å². The van der Waals surface area contributed by atoms with Crippen LogP contribution in [-0.2, 0) is 38.0 Å². The molecule has 1 heterocycles. The van der Waals surface area contributed by atoms with Gasteiger partial charge in [0.05, 0.1) is 28.9 Å². The van der Waals surface area contributed by atoms with Gasteiger partial charge in [-0.05, 0) is 171 Å². The van der Waals surface area contributed by atoms with Gasteiger partial charge in [-0.15, -0.1) is 0 Å². The number of allylic oxidation sites excluding steroid dienone is 1. The maximum absolute atomic E-state index is 14.4. The summed E-state index contributed by atoms with van der Waals surface area (Å²) in [5, 5.41) is 0. The van der Waals surface area contributed by atoms with E-state index in [1.807, 2.05) is 0 Å². The normalized spacial score (nSPS) is 35.4. The van der Waals surface area contributed by atoms with Crippen molar-refractivity contribution in [2.75, 3.05) is 13.2 Å². The third kappa shape index (κ3) is 10.0. The number of rotatable bonds is 14. The topological polar surface area (TPSA) is 150 Å².